The molecule has 5 heteroatoms. The SMILES string of the molecule is CC1CN(C(=O)COC(C)(C)C)C(N)=N1. The summed E-state index contributed by atoms with van der Waals surface area (Å²) >= 11 is 0. The van der Waals surface area contributed by atoms with Gasteiger partial charge in [-0.05, 0) is 27.7 Å². The minimum Gasteiger partial charge on any atom is -0.369 e. The van der Waals surface area contributed by atoms with Crippen molar-refractivity contribution in [3.63, 3.8) is 0 Å². The zero-order valence-corrected chi connectivity index (χ0v) is 9.78. The molecule has 0 fully saturated rings. The van der Waals surface area contributed by atoms with Gasteiger partial charge in [0.05, 0.1) is 18.2 Å². The number of amides is 1. The molecule has 2 N–H and O–H groups in total. The summed E-state index contributed by atoms with van der Waals surface area (Å²) in [4.78, 5) is 17.2. The summed E-state index contributed by atoms with van der Waals surface area (Å²) in [6.45, 7) is 8.24. The zero-order valence-electron chi connectivity index (χ0n) is 9.78. The van der Waals surface area contributed by atoms with Crippen molar-refractivity contribution < 1.29 is 9.53 Å². The molecule has 1 aliphatic heterocycles. The van der Waals surface area contributed by atoms with Crippen molar-refractivity contribution in [2.75, 3.05) is 13.2 Å². The fraction of sp³-hybridized carbons (Fsp3) is 0.800. The van der Waals surface area contributed by atoms with E-state index in [0.29, 0.717) is 12.5 Å². The van der Waals surface area contributed by atoms with E-state index in [1.54, 1.807) is 0 Å². The number of carbonyl (C=O) groups is 1. The molecule has 0 spiro atoms. The van der Waals surface area contributed by atoms with Crippen molar-refractivity contribution in [1.82, 2.24) is 4.90 Å². The van der Waals surface area contributed by atoms with E-state index in [4.69, 9.17) is 10.5 Å². The molecule has 0 aromatic rings. The summed E-state index contributed by atoms with van der Waals surface area (Å²) in [5.41, 5.74) is 5.30. The van der Waals surface area contributed by atoms with Crippen LogP contribution in [0.3, 0.4) is 0 Å². The van der Waals surface area contributed by atoms with Gasteiger partial charge in [0.1, 0.15) is 6.61 Å². The Bertz CT molecular complexity index is 281. The van der Waals surface area contributed by atoms with Gasteiger partial charge in [-0.15, -0.1) is 0 Å². The van der Waals surface area contributed by atoms with E-state index in [-0.39, 0.29) is 24.2 Å². The van der Waals surface area contributed by atoms with Crippen LogP contribution in [0.4, 0.5) is 0 Å². The Hall–Kier alpha value is -1.10. The monoisotopic (exact) mass is 213 g/mol. The lowest BCUT2D eigenvalue weighted by Gasteiger charge is -2.22. The average molecular weight is 213 g/mol. The molecule has 1 unspecified atom stereocenters. The molecule has 0 saturated carbocycles. The van der Waals surface area contributed by atoms with Crippen LogP contribution in [0.1, 0.15) is 27.7 Å². The number of ether oxygens (including phenoxy) is 1. The van der Waals surface area contributed by atoms with Gasteiger partial charge < -0.3 is 10.5 Å². The van der Waals surface area contributed by atoms with Crippen LogP contribution in [0, 0.1) is 0 Å². The Morgan fingerprint density at radius 3 is 2.67 bits per heavy atom. The zero-order chi connectivity index (χ0) is 11.6. The number of guanidine groups is 1. The summed E-state index contributed by atoms with van der Waals surface area (Å²) in [6, 6.07) is 0.0867. The first-order chi connectivity index (χ1) is 6.79. The summed E-state index contributed by atoms with van der Waals surface area (Å²) in [5.74, 6) is 0.167. The Balaban J connectivity index is 2.46. The molecule has 0 aliphatic carbocycles. The van der Waals surface area contributed by atoms with Crippen LogP contribution < -0.4 is 5.73 Å². The van der Waals surface area contributed by atoms with Crippen molar-refractivity contribution in [3.8, 4) is 0 Å². The first-order valence-corrected chi connectivity index (χ1v) is 5.07. The standard InChI is InChI=1S/C10H19N3O2/c1-7-5-13(9(11)12-7)8(14)6-15-10(2,3)4/h7H,5-6H2,1-4H3,(H2,11,12). The lowest BCUT2D eigenvalue weighted by molar-refractivity contribution is -0.136. The largest absolute Gasteiger partial charge is 0.369 e. The summed E-state index contributed by atoms with van der Waals surface area (Å²) in [6.07, 6.45) is 0. The third-order valence-electron chi connectivity index (χ3n) is 2.01. The number of rotatable bonds is 2. The van der Waals surface area contributed by atoms with E-state index in [1.807, 2.05) is 27.7 Å². The van der Waals surface area contributed by atoms with Gasteiger partial charge in [0, 0.05) is 0 Å². The lowest BCUT2D eigenvalue weighted by Crippen LogP contribution is -2.42. The Labute approximate surface area is 90.3 Å². The molecule has 1 rings (SSSR count). The lowest BCUT2D eigenvalue weighted by atomic mass is 10.2. The van der Waals surface area contributed by atoms with E-state index in [0.717, 1.165) is 0 Å². The Kier molecular flexibility index (Phi) is 3.34. The number of hydrogen-bond acceptors (Lipinski definition) is 4. The fourth-order valence-corrected chi connectivity index (χ4v) is 1.28. The minimum atomic E-state index is -0.313. The smallest absolute Gasteiger partial charge is 0.255 e. The second-order valence-corrected chi connectivity index (χ2v) is 4.74. The van der Waals surface area contributed by atoms with Gasteiger partial charge in [-0.3, -0.25) is 9.69 Å². The maximum absolute atomic E-state index is 11.7. The van der Waals surface area contributed by atoms with Crippen LogP contribution in [-0.2, 0) is 9.53 Å². The van der Waals surface area contributed by atoms with Crippen LogP contribution in [-0.4, -0.2) is 41.6 Å². The molecule has 1 amide bonds. The quantitative estimate of drug-likeness (QED) is 0.719. The van der Waals surface area contributed by atoms with E-state index < -0.39 is 0 Å². The second-order valence-electron chi connectivity index (χ2n) is 4.74. The van der Waals surface area contributed by atoms with Crippen LogP contribution in [0.25, 0.3) is 0 Å². The van der Waals surface area contributed by atoms with Crippen molar-refractivity contribution in [2.24, 2.45) is 10.7 Å². The highest BCUT2D eigenvalue weighted by molar-refractivity contribution is 5.98. The van der Waals surface area contributed by atoms with Crippen molar-refractivity contribution in [2.45, 2.75) is 39.3 Å². The summed E-state index contributed by atoms with van der Waals surface area (Å²) in [5, 5.41) is 0. The van der Waals surface area contributed by atoms with Crippen LogP contribution in [0.5, 0.6) is 0 Å². The highest BCUT2D eigenvalue weighted by atomic mass is 16.5. The van der Waals surface area contributed by atoms with Gasteiger partial charge in [0.25, 0.3) is 5.91 Å². The minimum absolute atomic E-state index is 0.0481. The van der Waals surface area contributed by atoms with Crippen molar-refractivity contribution in [1.29, 1.82) is 0 Å². The molecule has 5 nitrogen and oxygen atoms in total. The summed E-state index contributed by atoms with van der Waals surface area (Å²) < 4.78 is 5.39. The normalized spacial score (nSPS) is 21.7. The summed E-state index contributed by atoms with van der Waals surface area (Å²) in [7, 11) is 0. The van der Waals surface area contributed by atoms with E-state index in [1.165, 1.54) is 4.90 Å². The number of nitrogens with two attached hydrogens (primary N) is 1. The van der Waals surface area contributed by atoms with Gasteiger partial charge >= 0.3 is 0 Å². The predicted octanol–water partition coefficient (Wildman–Crippen LogP) is 0.347. The van der Waals surface area contributed by atoms with Gasteiger partial charge in [0.2, 0.25) is 0 Å². The molecule has 1 atom stereocenters. The molecule has 0 aromatic carbocycles. The van der Waals surface area contributed by atoms with Crippen molar-refractivity contribution in [3.05, 3.63) is 0 Å². The third kappa shape index (κ3) is 3.51. The first kappa shape index (κ1) is 12.0. The Morgan fingerprint density at radius 1 is 1.67 bits per heavy atom. The maximum Gasteiger partial charge on any atom is 0.255 e. The van der Waals surface area contributed by atoms with E-state index >= 15 is 0 Å². The third-order valence-corrected chi connectivity index (χ3v) is 2.01. The van der Waals surface area contributed by atoms with Gasteiger partial charge in [-0.1, -0.05) is 0 Å². The molecule has 1 heterocycles. The Morgan fingerprint density at radius 2 is 2.27 bits per heavy atom. The molecular formula is C10H19N3O2. The number of aliphatic imine (C=N–C) groups is 1. The molecule has 86 valence electrons. The van der Waals surface area contributed by atoms with Crippen molar-refractivity contribution >= 4 is 11.9 Å². The molecule has 0 radical (unpaired) electrons. The molecule has 0 saturated heterocycles. The molecule has 1 aliphatic rings. The van der Waals surface area contributed by atoms with E-state index in [9.17, 15) is 4.79 Å². The average Bonchev–Trinajstić information content (AvgIpc) is 2.40. The number of hydrogen-bond donors (Lipinski definition) is 1. The van der Waals surface area contributed by atoms with Crippen LogP contribution in [0.15, 0.2) is 4.99 Å². The second kappa shape index (κ2) is 4.18. The molecule has 0 aromatic heterocycles. The van der Waals surface area contributed by atoms with Gasteiger partial charge in [0.15, 0.2) is 5.96 Å². The highest BCUT2D eigenvalue weighted by Crippen LogP contribution is 2.10. The van der Waals surface area contributed by atoms with Crippen LogP contribution >= 0.6 is 0 Å². The van der Waals surface area contributed by atoms with E-state index in [2.05, 4.69) is 4.99 Å². The number of carbonyl (C=O) groups excluding carboxylic acids is 1. The number of nitrogens with zero attached hydrogens (tertiary/aromatic N) is 2. The van der Waals surface area contributed by atoms with Gasteiger partial charge in [-0.2, -0.15) is 0 Å². The molecule has 0 bridgehead atoms. The van der Waals surface area contributed by atoms with Gasteiger partial charge in [-0.25, -0.2) is 4.99 Å². The maximum atomic E-state index is 11.7. The molecule has 15 heavy (non-hydrogen) atoms. The topological polar surface area (TPSA) is 67.9 Å². The fourth-order valence-electron chi connectivity index (χ4n) is 1.28. The molecular weight excluding hydrogens is 194 g/mol. The first-order valence-electron chi connectivity index (χ1n) is 5.07. The highest BCUT2D eigenvalue weighted by Gasteiger charge is 2.26. The predicted molar refractivity (Wildman–Crippen MR) is 58.5 cm³/mol. The van der Waals surface area contributed by atoms with Crippen LogP contribution in [0.2, 0.25) is 0 Å².